The molecule has 0 bridgehead atoms. The van der Waals surface area contributed by atoms with Gasteiger partial charge in [0.15, 0.2) is 11.5 Å². The lowest BCUT2D eigenvalue weighted by Gasteiger charge is -2.08. The monoisotopic (exact) mass is 420 g/mol. The Labute approximate surface area is 177 Å². The molecule has 1 N–H and O–H groups in total. The molecule has 0 unspecified atom stereocenters. The molecule has 0 atom stereocenters. The number of nitrogens with one attached hydrogen (secondary N) is 1. The zero-order valence-corrected chi connectivity index (χ0v) is 17.6. The molecule has 7 nitrogen and oxygen atoms in total. The van der Waals surface area contributed by atoms with Crippen molar-refractivity contribution >= 4 is 22.7 Å². The maximum atomic E-state index is 12.8. The summed E-state index contributed by atoms with van der Waals surface area (Å²) in [6.45, 7) is 1.85. The Morgan fingerprint density at radius 3 is 2.60 bits per heavy atom. The highest BCUT2D eigenvalue weighted by atomic mass is 32.1. The van der Waals surface area contributed by atoms with Crippen molar-refractivity contribution in [2.24, 2.45) is 4.99 Å². The number of ether oxygens (including phenoxy) is 2. The van der Waals surface area contributed by atoms with Crippen molar-refractivity contribution in [3.05, 3.63) is 75.5 Å². The fraction of sp³-hybridized carbons (Fsp3) is 0.136. The van der Waals surface area contributed by atoms with E-state index < -0.39 is 0 Å². The highest BCUT2D eigenvalue weighted by molar-refractivity contribution is 7.13. The topological polar surface area (TPSA) is 81.5 Å². The van der Waals surface area contributed by atoms with Crippen molar-refractivity contribution in [2.45, 2.75) is 6.92 Å². The number of aromatic amines is 1. The van der Waals surface area contributed by atoms with Gasteiger partial charge in [-0.25, -0.2) is 14.7 Å². The normalized spacial score (nSPS) is 11.2. The first kappa shape index (κ1) is 19.7. The molecule has 0 aliphatic carbocycles. The number of para-hydroxylation sites is 1. The highest BCUT2D eigenvalue weighted by Crippen LogP contribution is 2.34. The second-order valence-corrected chi connectivity index (χ2v) is 7.31. The molecule has 0 amide bonds. The van der Waals surface area contributed by atoms with Gasteiger partial charge in [-0.2, -0.15) is 0 Å². The number of benzene rings is 2. The van der Waals surface area contributed by atoms with Crippen LogP contribution in [-0.4, -0.2) is 35.2 Å². The number of methoxy groups -OCH3 is 2. The average Bonchev–Trinajstić information content (AvgIpc) is 3.37. The summed E-state index contributed by atoms with van der Waals surface area (Å²) in [6.07, 6.45) is 1.56. The Hall–Kier alpha value is -3.65. The molecule has 2 heterocycles. The second-order valence-electron chi connectivity index (χ2n) is 6.47. The molecular formula is C22H20N4O3S. The van der Waals surface area contributed by atoms with Crippen LogP contribution in [0.5, 0.6) is 11.5 Å². The molecule has 4 rings (SSSR count). The molecule has 0 saturated heterocycles. The van der Waals surface area contributed by atoms with Gasteiger partial charge < -0.3 is 9.47 Å². The van der Waals surface area contributed by atoms with Crippen LogP contribution in [0.4, 0.5) is 5.13 Å². The molecule has 0 aliphatic rings. The van der Waals surface area contributed by atoms with Crippen LogP contribution >= 0.6 is 11.3 Å². The molecule has 0 fully saturated rings. The molecule has 4 aromatic rings. The van der Waals surface area contributed by atoms with Gasteiger partial charge in [-0.05, 0) is 37.3 Å². The summed E-state index contributed by atoms with van der Waals surface area (Å²) in [4.78, 5) is 21.7. The first-order valence-electron chi connectivity index (χ1n) is 9.19. The summed E-state index contributed by atoms with van der Waals surface area (Å²) in [7, 11) is 3.20. The predicted molar refractivity (Wildman–Crippen MR) is 119 cm³/mol. The summed E-state index contributed by atoms with van der Waals surface area (Å²) in [6, 6.07) is 15.0. The number of H-pyrrole nitrogens is 1. The maximum Gasteiger partial charge on any atom is 0.280 e. The smallest absolute Gasteiger partial charge is 0.280 e. The molecular weight excluding hydrogens is 400 g/mol. The van der Waals surface area contributed by atoms with Crippen LogP contribution in [0.3, 0.4) is 0 Å². The third-order valence-corrected chi connectivity index (χ3v) is 5.36. The molecule has 0 aliphatic heterocycles. The molecule has 2 aromatic heterocycles. The number of thiazole rings is 1. The van der Waals surface area contributed by atoms with Crippen molar-refractivity contribution in [3.8, 4) is 28.4 Å². The summed E-state index contributed by atoms with van der Waals surface area (Å²) in [5.41, 5.74) is 3.54. The van der Waals surface area contributed by atoms with Gasteiger partial charge in [0.2, 0.25) is 5.13 Å². The van der Waals surface area contributed by atoms with E-state index in [2.05, 4.69) is 15.1 Å². The van der Waals surface area contributed by atoms with Crippen molar-refractivity contribution < 1.29 is 9.47 Å². The Morgan fingerprint density at radius 2 is 1.87 bits per heavy atom. The lowest BCUT2D eigenvalue weighted by molar-refractivity contribution is 0.355. The SMILES string of the molecule is COc1ccc(-c2csc(/N=C/c3c(C)[nH]n(-c4ccccc4)c3=O)n2)cc1OC. The van der Waals surface area contributed by atoms with Gasteiger partial charge in [0, 0.05) is 22.9 Å². The fourth-order valence-electron chi connectivity index (χ4n) is 3.04. The highest BCUT2D eigenvalue weighted by Gasteiger charge is 2.12. The van der Waals surface area contributed by atoms with Crippen molar-refractivity contribution in [3.63, 3.8) is 0 Å². The lowest BCUT2D eigenvalue weighted by atomic mass is 10.1. The average molecular weight is 420 g/mol. The number of aliphatic imine (C=N–C) groups is 1. The third-order valence-electron chi connectivity index (χ3n) is 4.61. The van der Waals surface area contributed by atoms with E-state index in [-0.39, 0.29) is 5.56 Å². The first-order valence-corrected chi connectivity index (χ1v) is 10.1. The van der Waals surface area contributed by atoms with E-state index in [0.29, 0.717) is 22.2 Å². The molecule has 8 heteroatoms. The quantitative estimate of drug-likeness (QED) is 0.470. The zero-order valence-electron chi connectivity index (χ0n) is 16.7. The minimum absolute atomic E-state index is 0.154. The minimum atomic E-state index is -0.154. The Bertz CT molecular complexity index is 1260. The number of hydrogen-bond acceptors (Lipinski definition) is 6. The second kappa shape index (κ2) is 8.38. The Kier molecular flexibility index (Phi) is 5.49. The number of rotatable bonds is 6. The van der Waals surface area contributed by atoms with Crippen LogP contribution < -0.4 is 15.0 Å². The maximum absolute atomic E-state index is 12.8. The molecule has 0 spiro atoms. The third kappa shape index (κ3) is 3.77. The largest absolute Gasteiger partial charge is 0.493 e. The number of nitrogens with zero attached hydrogens (tertiary/aromatic N) is 3. The van der Waals surface area contributed by atoms with Gasteiger partial charge in [0.25, 0.3) is 5.56 Å². The summed E-state index contributed by atoms with van der Waals surface area (Å²) in [5.74, 6) is 1.30. The van der Waals surface area contributed by atoms with Gasteiger partial charge in [-0.1, -0.05) is 18.2 Å². The van der Waals surface area contributed by atoms with Gasteiger partial charge in [0.1, 0.15) is 0 Å². The van der Waals surface area contributed by atoms with Crippen molar-refractivity contribution in [2.75, 3.05) is 14.2 Å². The van der Waals surface area contributed by atoms with E-state index >= 15 is 0 Å². The van der Waals surface area contributed by atoms with Crippen LogP contribution in [0.15, 0.2) is 63.7 Å². The predicted octanol–water partition coefficient (Wildman–Crippen LogP) is 4.37. The first-order chi connectivity index (χ1) is 14.6. The van der Waals surface area contributed by atoms with Crippen LogP contribution in [0.2, 0.25) is 0 Å². The van der Waals surface area contributed by atoms with Gasteiger partial charge in [0.05, 0.1) is 31.2 Å². The summed E-state index contributed by atoms with van der Waals surface area (Å²) in [5, 5.41) is 5.57. The molecule has 0 radical (unpaired) electrons. The number of aryl methyl sites for hydroxylation is 1. The Morgan fingerprint density at radius 1 is 1.10 bits per heavy atom. The molecule has 2 aromatic carbocycles. The van der Waals surface area contributed by atoms with Crippen LogP contribution in [-0.2, 0) is 0 Å². The Balaban J connectivity index is 1.61. The zero-order chi connectivity index (χ0) is 21.1. The molecule has 152 valence electrons. The van der Waals surface area contributed by atoms with Gasteiger partial charge in [-0.15, -0.1) is 11.3 Å². The number of hydrogen-bond donors (Lipinski definition) is 1. The van der Waals surface area contributed by atoms with E-state index in [0.717, 1.165) is 22.6 Å². The van der Waals surface area contributed by atoms with Crippen LogP contribution in [0.25, 0.3) is 16.9 Å². The lowest BCUT2D eigenvalue weighted by Crippen LogP contribution is -2.17. The fourth-order valence-corrected chi connectivity index (χ4v) is 3.71. The van der Waals surface area contributed by atoms with E-state index in [1.54, 1.807) is 20.4 Å². The van der Waals surface area contributed by atoms with E-state index in [9.17, 15) is 4.79 Å². The standard InChI is InChI=1S/C22H20N4O3S/c1-14-17(21(27)26(25-14)16-7-5-4-6-8-16)12-23-22-24-18(13-30-22)15-9-10-19(28-2)20(11-15)29-3/h4-13,25H,1-3H3/b23-12+. The molecule has 30 heavy (non-hydrogen) atoms. The van der Waals surface area contributed by atoms with Crippen LogP contribution in [0.1, 0.15) is 11.3 Å². The number of aromatic nitrogens is 3. The van der Waals surface area contributed by atoms with Crippen LogP contribution in [0, 0.1) is 6.92 Å². The van der Waals surface area contributed by atoms with E-state index in [4.69, 9.17) is 9.47 Å². The molecule has 0 saturated carbocycles. The summed E-state index contributed by atoms with van der Waals surface area (Å²) < 4.78 is 12.1. The summed E-state index contributed by atoms with van der Waals surface area (Å²) >= 11 is 1.40. The van der Waals surface area contributed by atoms with Gasteiger partial charge in [-0.3, -0.25) is 9.89 Å². The van der Waals surface area contributed by atoms with Crippen molar-refractivity contribution in [1.29, 1.82) is 0 Å². The minimum Gasteiger partial charge on any atom is -0.493 e. The van der Waals surface area contributed by atoms with E-state index in [1.165, 1.54) is 16.0 Å². The van der Waals surface area contributed by atoms with E-state index in [1.807, 2.05) is 60.8 Å². The van der Waals surface area contributed by atoms with Gasteiger partial charge >= 0.3 is 0 Å². The van der Waals surface area contributed by atoms with Crippen molar-refractivity contribution in [1.82, 2.24) is 14.8 Å².